The molecule has 0 bridgehead atoms. The summed E-state index contributed by atoms with van der Waals surface area (Å²) in [4.78, 5) is 0. The number of aliphatic hydroxyl groups excluding tert-OH is 4. The molecule has 1 saturated heterocycles. The SMILES string of the molecule is CC1O[C@@H](O)C(O)[C@@H](O)C1O. The Labute approximate surface area is 63.8 Å². The predicted molar refractivity (Wildman–Crippen MR) is 34.6 cm³/mol. The minimum atomic E-state index is -1.43. The third kappa shape index (κ3) is 1.52. The van der Waals surface area contributed by atoms with Crippen molar-refractivity contribution in [2.75, 3.05) is 0 Å². The second-order valence-electron chi connectivity index (χ2n) is 2.70. The summed E-state index contributed by atoms with van der Waals surface area (Å²) in [6, 6.07) is 0. The molecule has 11 heavy (non-hydrogen) atoms. The van der Waals surface area contributed by atoms with Crippen LogP contribution >= 0.6 is 0 Å². The monoisotopic (exact) mass is 164 g/mol. The van der Waals surface area contributed by atoms with E-state index in [1.807, 2.05) is 0 Å². The quantitative estimate of drug-likeness (QED) is 0.326. The van der Waals surface area contributed by atoms with Crippen molar-refractivity contribution in [2.24, 2.45) is 0 Å². The van der Waals surface area contributed by atoms with Gasteiger partial charge in [-0.2, -0.15) is 0 Å². The van der Waals surface area contributed by atoms with E-state index in [-0.39, 0.29) is 0 Å². The van der Waals surface area contributed by atoms with Crippen LogP contribution in [0.25, 0.3) is 0 Å². The second kappa shape index (κ2) is 3.04. The highest BCUT2D eigenvalue weighted by molar-refractivity contribution is 4.86. The van der Waals surface area contributed by atoms with Gasteiger partial charge < -0.3 is 25.2 Å². The molecule has 3 unspecified atom stereocenters. The number of rotatable bonds is 0. The van der Waals surface area contributed by atoms with Crippen LogP contribution in [0.15, 0.2) is 0 Å². The zero-order valence-corrected chi connectivity index (χ0v) is 6.08. The van der Waals surface area contributed by atoms with Gasteiger partial charge in [0.15, 0.2) is 6.29 Å². The molecule has 0 aliphatic carbocycles. The molecule has 1 aliphatic heterocycles. The molecule has 0 spiro atoms. The van der Waals surface area contributed by atoms with Crippen molar-refractivity contribution in [1.82, 2.24) is 0 Å². The fourth-order valence-corrected chi connectivity index (χ4v) is 1.03. The summed E-state index contributed by atoms with van der Waals surface area (Å²) in [5.41, 5.74) is 0. The van der Waals surface area contributed by atoms with Crippen molar-refractivity contribution in [3.8, 4) is 0 Å². The first-order chi connectivity index (χ1) is 5.04. The summed E-state index contributed by atoms with van der Waals surface area (Å²) in [5, 5.41) is 36.0. The minimum Gasteiger partial charge on any atom is -0.388 e. The summed E-state index contributed by atoms with van der Waals surface area (Å²) in [6.45, 7) is 1.50. The molecule has 1 heterocycles. The summed E-state index contributed by atoms with van der Waals surface area (Å²) < 4.78 is 4.68. The van der Waals surface area contributed by atoms with Gasteiger partial charge in [-0.25, -0.2) is 0 Å². The highest BCUT2D eigenvalue weighted by Gasteiger charge is 2.40. The predicted octanol–water partition coefficient (Wildman–Crippen LogP) is -2.19. The first-order valence-electron chi connectivity index (χ1n) is 3.41. The van der Waals surface area contributed by atoms with E-state index < -0.39 is 30.7 Å². The molecular weight excluding hydrogens is 152 g/mol. The van der Waals surface area contributed by atoms with Crippen LogP contribution in [0.5, 0.6) is 0 Å². The molecule has 1 rings (SSSR count). The second-order valence-corrected chi connectivity index (χ2v) is 2.70. The van der Waals surface area contributed by atoms with Crippen LogP contribution in [-0.4, -0.2) is 51.1 Å². The van der Waals surface area contributed by atoms with Gasteiger partial charge in [0.2, 0.25) is 0 Å². The zero-order valence-electron chi connectivity index (χ0n) is 6.08. The van der Waals surface area contributed by atoms with E-state index in [9.17, 15) is 0 Å². The molecule has 0 aromatic carbocycles. The third-order valence-corrected chi connectivity index (χ3v) is 1.83. The first-order valence-corrected chi connectivity index (χ1v) is 3.41. The Morgan fingerprint density at radius 1 is 0.909 bits per heavy atom. The normalized spacial score (nSPS) is 52.6. The molecule has 0 aromatic rings. The summed E-state index contributed by atoms with van der Waals surface area (Å²) in [7, 11) is 0. The molecule has 0 amide bonds. The van der Waals surface area contributed by atoms with E-state index in [0.29, 0.717) is 0 Å². The average molecular weight is 164 g/mol. The molecule has 1 aliphatic rings. The van der Waals surface area contributed by atoms with Crippen molar-refractivity contribution < 1.29 is 25.2 Å². The first kappa shape index (κ1) is 8.89. The zero-order chi connectivity index (χ0) is 8.59. The van der Waals surface area contributed by atoms with Gasteiger partial charge in [-0.3, -0.25) is 0 Å². The van der Waals surface area contributed by atoms with Gasteiger partial charge in [-0.05, 0) is 6.92 Å². The fraction of sp³-hybridized carbons (Fsp3) is 1.00. The van der Waals surface area contributed by atoms with E-state index in [1.165, 1.54) is 6.92 Å². The standard InChI is InChI=1S/C6H12O5/c1-2-3(7)4(8)5(9)6(10)11-2/h2-10H,1H3/t2?,3?,4-,5?,6+/m0/s1. The lowest BCUT2D eigenvalue weighted by Crippen LogP contribution is -2.56. The van der Waals surface area contributed by atoms with E-state index in [0.717, 1.165) is 0 Å². The maximum atomic E-state index is 9.09. The van der Waals surface area contributed by atoms with Crippen molar-refractivity contribution in [2.45, 2.75) is 37.6 Å². The molecule has 1 fully saturated rings. The molecule has 0 aromatic heterocycles. The highest BCUT2D eigenvalue weighted by atomic mass is 16.6. The highest BCUT2D eigenvalue weighted by Crippen LogP contribution is 2.18. The molecule has 66 valence electrons. The van der Waals surface area contributed by atoms with Gasteiger partial charge in [-0.1, -0.05) is 0 Å². The van der Waals surface area contributed by atoms with E-state index in [4.69, 9.17) is 20.4 Å². The fourth-order valence-electron chi connectivity index (χ4n) is 1.03. The van der Waals surface area contributed by atoms with E-state index in [1.54, 1.807) is 0 Å². The van der Waals surface area contributed by atoms with Gasteiger partial charge in [-0.15, -0.1) is 0 Å². The third-order valence-electron chi connectivity index (χ3n) is 1.83. The van der Waals surface area contributed by atoms with Crippen molar-refractivity contribution in [3.63, 3.8) is 0 Å². The van der Waals surface area contributed by atoms with Crippen LogP contribution < -0.4 is 0 Å². The molecule has 5 nitrogen and oxygen atoms in total. The van der Waals surface area contributed by atoms with Crippen molar-refractivity contribution >= 4 is 0 Å². The molecule has 4 N–H and O–H groups in total. The molecule has 5 atom stereocenters. The van der Waals surface area contributed by atoms with Crippen LogP contribution in [-0.2, 0) is 4.74 Å². The summed E-state index contributed by atoms with van der Waals surface area (Å²) in [5.74, 6) is 0. The summed E-state index contributed by atoms with van der Waals surface area (Å²) >= 11 is 0. The van der Waals surface area contributed by atoms with E-state index in [2.05, 4.69) is 4.74 Å². The van der Waals surface area contributed by atoms with E-state index >= 15 is 0 Å². The van der Waals surface area contributed by atoms with Gasteiger partial charge in [0, 0.05) is 0 Å². The summed E-state index contributed by atoms with van der Waals surface area (Å²) in [6.07, 6.45) is -5.99. The lowest BCUT2D eigenvalue weighted by molar-refractivity contribution is -0.277. The van der Waals surface area contributed by atoms with Crippen LogP contribution in [0.1, 0.15) is 6.92 Å². The van der Waals surface area contributed by atoms with Gasteiger partial charge >= 0.3 is 0 Å². The lowest BCUT2D eigenvalue weighted by atomic mass is 10.0. The Hall–Kier alpha value is -0.200. The van der Waals surface area contributed by atoms with Crippen LogP contribution in [0.3, 0.4) is 0 Å². The Balaban J connectivity index is 2.63. The van der Waals surface area contributed by atoms with Crippen molar-refractivity contribution in [1.29, 1.82) is 0 Å². The Kier molecular flexibility index (Phi) is 2.46. The van der Waals surface area contributed by atoms with Gasteiger partial charge in [0.25, 0.3) is 0 Å². The number of aliphatic hydroxyl groups is 4. The molecule has 0 radical (unpaired) electrons. The minimum absolute atomic E-state index is 0.664. The Morgan fingerprint density at radius 2 is 1.45 bits per heavy atom. The maximum Gasteiger partial charge on any atom is 0.183 e. The maximum absolute atomic E-state index is 9.09. The largest absolute Gasteiger partial charge is 0.388 e. The number of ether oxygens (including phenoxy) is 1. The topological polar surface area (TPSA) is 90.2 Å². The van der Waals surface area contributed by atoms with Crippen molar-refractivity contribution in [3.05, 3.63) is 0 Å². The average Bonchev–Trinajstić information content (AvgIpc) is 1.97. The number of hydrogen-bond donors (Lipinski definition) is 4. The van der Waals surface area contributed by atoms with Crippen LogP contribution in [0, 0.1) is 0 Å². The van der Waals surface area contributed by atoms with Gasteiger partial charge in [0.1, 0.15) is 18.3 Å². The van der Waals surface area contributed by atoms with Crippen LogP contribution in [0.4, 0.5) is 0 Å². The molecule has 5 heteroatoms. The molecular formula is C6H12O5. The lowest BCUT2D eigenvalue weighted by Gasteiger charge is -2.36. The number of hydrogen-bond acceptors (Lipinski definition) is 5. The smallest absolute Gasteiger partial charge is 0.183 e. The van der Waals surface area contributed by atoms with Crippen LogP contribution in [0.2, 0.25) is 0 Å². The Morgan fingerprint density at radius 3 is 2.00 bits per heavy atom. The molecule has 0 saturated carbocycles. The Bertz CT molecular complexity index is 125. The van der Waals surface area contributed by atoms with Gasteiger partial charge in [0.05, 0.1) is 6.10 Å².